The zero-order valence-corrected chi connectivity index (χ0v) is 22.5. The van der Waals surface area contributed by atoms with Crippen molar-refractivity contribution in [2.24, 2.45) is 0 Å². The molecular weight excluding hydrogens is 505 g/mol. The summed E-state index contributed by atoms with van der Waals surface area (Å²) in [6.07, 6.45) is -1.26. The molecule has 0 atom stereocenters. The van der Waals surface area contributed by atoms with Crippen molar-refractivity contribution in [2.75, 3.05) is 39.5 Å². The summed E-state index contributed by atoms with van der Waals surface area (Å²) in [5.74, 6) is 5.50. The van der Waals surface area contributed by atoms with Crippen LogP contribution in [-0.4, -0.2) is 59.6 Å². The second-order valence-corrected chi connectivity index (χ2v) is 9.11. The maximum absolute atomic E-state index is 13.1. The molecule has 0 bridgehead atoms. The van der Waals surface area contributed by atoms with Gasteiger partial charge in [0.15, 0.2) is 5.65 Å². The van der Waals surface area contributed by atoms with E-state index in [1.54, 1.807) is 41.2 Å². The predicted octanol–water partition coefficient (Wildman–Crippen LogP) is 4.78. The lowest BCUT2D eigenvalue weighted by atomic mass is 10.0. The van der Waals surface area contributed by atoms with Crippen LogP contribution in [0, 0.1) is 25.7 Å². The number of aryl methyl sites for hydroxylation is 2. The van der Waals surface area contributed by atoms with Gasteiger partial charge in [0.25, 0.3) is 5.91 Å². The number of aromatic nitrogens is 3. The lowest BCUT2D eigenvalue weighted by Gasteiger charge is -2.13. The first kappa shape index (κ1) is 29.4. The van der Waals surface area contributed by atoms with E-state index in [1.807, 2.05) is 20.0 Å². The number of hydrogen-bond donors (Lipinski definition) is 2. The number of amides is 1. The van der Waals surface area contributed by atoms with Crippen LogP contribution in [0.1, 0.15) is 38.3 Å². The second kappa shape index (κ2) is 13.0. The molecule has 0 fully saturated rings. The first-order valence-corrected chi connectivity index (χ1v) is 12.2. The minimum Gasteiger partial charge on any atom is -0.322 e. The highest BCUT2D eigenvalue weighted by Gasteiger charge is 2.32. The Labute approximate surface area is 226 Å². The number of carbonyl (C=O) groups is 1. The Morgan fingerprint density at radius 2 is 1.79 bits per heavy atom. The molecular formula is C29H31F3N6O. The first-order valence-electron chi connectivity index (χ1n) is 12.2. The Morgan fingerprint density at radius 3 is 2.46 bits per heavy atom. The third kappa shape index (κ3) is 8.14. The fourth-order valence-electron chi connectivity index (χ4n) is 3.49. The summed E-state index contributed by atoms with van der Waals surface area (Å²) in [7, 11) is 6.10. The van der Waals surface area contributed by atoms with Gasteiger partial charge in [-0.05, 0) is 88.4 Å². The average molecular weight is 537 g/mol. The van der Waals surface area contributed by atoms with Gasteiger partial charge in [0, 0.05) is 36.1 Å². The third-order valence-corrected chi connectivity index (χ3v) is 5.71. The summed E-state index contributed by atoms with van der Waals surface area (Å²) in [4.78, 5) is 19.0. The number of nitrogens with one attached hydrogen (secondary N) is 2. The molecule has 2 aromatic heterocycles. The molecule has 0 aliphatic rings. The van der Waals surface area contributed by atoms with Gasteiger partial charge in [-0.2, -0.15) is 18.3 Å². The fourth-order valence-corrected chi connectivity index (χ4v) is 3.49. The number of imidazole rings is 1. The molecule has 7 nitrogen and oxygen atoms in total. The number of hydrogen-bond acceptors (Lipinski definition) is 5. The summed E-state index contributed by atoms with van der Waals surface area (Å²) in [6, 6.07) is 12.2. The lowest BCUT2D eigenvalue weighted by molar-refractivity contribution is -0.138. The van der Waals surface area contributed by atoms with Gasteiger partial charge in [0.2, 0.25) is 0 Å². The standard InChI is InChI=1S/C24H17F3N4O.C5H14N2/c1-15-5-7-18(23(32)30-19-9-6-16(2)21(13-19)24(25,26)27)12-17(15)8-10-20-14-28-22-4-3-11-29-31(20)22;1-6-4-5-7(2)3/h3-7,9,11-14H,1-2H3,(H,30,32);6H,4-5H2,1-3H3. The number of carbonyl (C=O) groups excluding carboxylic acids is 1. The van der Waals surface area contributed by atoms with Gasteiger partial charge in [0.05, 0.1) is 11.8 Å². The number of fused-ring (bicyclic) bond motifs is 1. The van der Waals surface area contributed by atoms with Gasteiger partial charge in [-0.3, -0.25) is 4.79 Å². The SMILES string of the molecule is CNCCN(C)C.Cc1ccc(C(=O)Nc2ccc(C)c(C(F)(F)F)c2)cc1C#Cc1cnc2cccnn12. The zero-order chi connectivity index (χ0) is 28.6. The van der Waals surface area contributed by atoms with E-state index in [4.69, 9.17) is 0 Å². The van der Waals surface area contributed by atoms with Crippen molar-refractivity contribution in [2.45, 2.75) is 20.0 Å². The van der Waals surface area contributed by atoms with E-state index >= 15 is 0 Å². The van der Waals surface area contributed by atoms with Crippen LogP contribution in [0.3, 0.4) is 0 Å². The first-order chi connectivity index (χ1) is 18.5. The maximum Gasteiger partial charge on any atom is 0.416 e. The molecule has 0 spiro atoms. The van der Waals surface area contributed by atoms with Crippen molar-refractivity contribution >= 4 is 17.2 Å². The van der Waals surface area contributed by atoms with E-state index in [1.165, 1.54) is 19.1 Å². The molecule has 0 saturated carbocycles. The van der Waals surface area contributed by atoms with Crippen LogP contribution < -0.4 is 10.6 Å². The van der Waals surface area contributed by atoms with Crippen LogP contribution in [0.2, 0.25) is 0 Å². The highest BCUT2D eigenvalue weighted by molar-refractivity contribution is 6.04. The van der Waals surface area contributed by atoms with Gasteiger partial charge in [-0.15, -0.1) is 0 Å². The average Bonchev–Trinajstić information content (AvgIpc) is 3.31. The van der Waals surface area contributed by atoms with E-state index in [-0.39, 0.29) is 16.8 Å². The summed E-state index contributed by atoms with van der Waals surface area (Å²) >= 11 is 0. The van der Waals surface area contributed by atoms with Crippen molar-refractivity contribution < 1.29 is 18.0 Å². The summed E-state index contributed by atoms with van der Waals surface area (Å²) < 4.78 is 41.0. The van der Waals surface area contributed by atoms with Crippen molar-refractivity contribution in [3.8, 4) is 11.8 Å². The third-order valence-electron chi connectivity index (χ3n) is 5.71. The summed E-state index contributed by atoms with van der Waals surface area (Å²) in [6.45, 7) is 5.43. The summed E-state index contributed by atoms with van der Waals surface area (Å²) in [5, 5.41) is 9.79. The molecule has 0 saturated heterocycles. The molecule has 39 heavy (non-hydrogen) atoms. The van der Waals surface area contributed by atoms with Crippen LogP contribution >= 0.6 is 0 Å². The van der Waals surface area contributed by atoms with Crippen molar-refractivity contribution in [1.82, 2.24) is 24.8 Å². The second-order valence-electron chi connectivity index (χ2n) is 9.11. The molecule has 204 valence electrons. The number of benzene rings is 2. The number of halogens is 3. The Kier molecular flexibility index (Phi) is 9.82. The van der Waals surface area contributed by atoms with E-state index in [0.717, 1.165) is 24.7 Å². The highest BCUT2D eigenvalue weighted by atomic mass is 19.4. The Balaban J connectivity index is 0.000000532. The molecule has 0 radical (unpaired) electrons. The molecule has 4 aromatic rings. The molecule has 2 aromatic carbocycles. The van der Waals surface area contributed by atoms with Crippen molar-refractivity contribution in [3.63, 3.8) is 0 Å². The van der Waals surface area contributed by atoms with E-state index in [2.05, 4.69) is 51.6 Å². The molecule has 1 amide bonds. The van der Waals surface area contributed by atoms with Crippen LogP contribution in [-0.2, 0) is 6.18 Å². The minimum atomic E-state index is -4.50. The number of likely N-dealkylation sites (N-methyl/N-ethyl adjacent to an activating group) is 2. The Bertz CT molecular complexity index is 1500. The van der Waals surface area contributed by atoms with Gasteiger partial charge in [-0.1, -0.05) is 18.1 Å². The summed E-state index contributed by atoms with van der Waals surface area (Å²) in [5.41, 5.74) is 2.38. The van der Waals surface area contributed by atoms with Gasteiger partial charge < -0.3 is 15.5 Å². The van der Waals surface area contributed by atoms with Crippen LogP contribution in [0.25, 0.3) is 5.65 Å². The zero-order valence-electron chi connectivity index (χ0n) is 22.5. The van der Waals surface area contributed by atoms with Crippen molar-refractivity contribution in [1.29, 1.82) is 0 Å². The highest BCUT2D eigenvalue weighted by Crippen LogP contribution is 2.33. The number of rotatable bonds is 5. The minimum absolute atomic E-state index is 0.0675. The molecule has 2 heterocycles. The molecule has 2 N–H and O–H groups in total. The van der Waals surface area contributed by atoms with Gasteiger partial charge in [0.1, 0.15) is 5.69 Å². The van der Waals surface area contributed by atoms with E-state index in [9.17, 15) is 18.0 Å². The largest absolute Gasteiger partial charge is 0.416 e. The number of nitrogens with zero attached hydrogens (tertiary/aromatic N) is 4. The Hall–Kier alpha value is -4.20. The van der Waals surface area contributed by atoms with Crippen molar-refractivity contribution in [3.05, 3.63) is 94.4 Å². The molecule has 0 aliphatic heterocycles. The quantitative estimate of drug-likeness (QED) is 0.359. The maximum atomic E-state index is 13.1. The Morgan fingerprint density at radius 1 is 1.05 bits per heavy atom. The van der Waals surface area contributed by atoms with E-state index < -0.39 is 17.6 Å². The number of anilines is 1. The molecule has 4 rings (SSSR count). The number of alkyl halides is 3. The molecule has 0 unspecified atom stereocenters. The van der Waals surface area contributed by atoms with Crippen LogP contribution in [0.4, 0.5) is 18.9 Å². The molecule has 0 aliphatic carbocycles. The topological polar surface area (TPSA) is 74.6 Å². The monoisotopic (exact) mass is 536 g/mol. The van der Waals surface area contributed by atoms with Crippen LogP contribution in [0.15, 0.2) is 60.9 Å². The smallest absolute Gasteiger partial charge is 0.322 e. The van der Waals surface area contributed by atoms with Crippen LogP contribution in [0.5, 0.6) is 0 Å². The lowest BCUT2D eigenvalue weighted by Crippen LogP contribution is -2.23. The van der Waals surface area contributed by atoms with Gasteiger partial charge >= 0.3 is 6.18 Å². The molecule has 10 heteroatoms. The fraction of sp³-hybridized carbons (Fsp3) is 0.276. The van der Waals surface area contributed by atoms with Gasteiger partial charge in [-0.25, -0.2) is 9.50 Å². The normalized spacial score (nSPS) is 11.0. The van der Waals surface area contributed by atoms with E-state index in [0.29, 0.717) is 16.9 Å². The predicted molar refractivity (Wildman–Crippen MR) is 147 cm³/mol.